The van der Waals surface area contributed by atoms with E-state index in [-0.39, 0.29) is 5.91 Å². The maximum Gasteiger partial charge on any atom is 0.256 e. The second-order valence-corrected chi connectivity index (χ2v) is 7.41. The van der Waals surface area contributed by atoms with E-state index < -0.39 is 0 Å². The molecule has 2 aromatic rings. The van der Waals surface area contributed by atoms with Crippen LogP contribution in [-0.4, -0.2) is 20.1 Å². The number of rotatable bonds is 4. The van der Waals surface area contributed by atoms with E-state index in [4.69, 9.17) is 21.1 Å². The van der Waals surface area contributed by atoms with Crippen molar-refractivity contribution in [2.45, 2.75) is 26.2 Å². The van der Waals surface area contributed by atoms with Gasteiger partial charge in [0.1, 0.15) is 11.5 Å². The molecule has 1 aliphatic rings. The second-order valence-electron chi connectivity index (χ2n) is 6.04. The Hall–Kier alpha value is -1.72. The van der Waals surface area contributed by atoms with Gasteiger partial charge in [-0.05, 0) is 30.7 Å². The van der Waals surface area contributed by atoms with Crippen molar-refractivity contribution in [3.8, 4) is 11.5 Å². The number of carbonyl (C=O) groups is 1. The average molecular weight is 366 g/mol. The van der Waals surface area contributed by atoms with Gasteiger partial charge in [0.15, 0.2) is 0 Å². The summed E-state index contributed by atoms with van der Waals surface area (Å²) in [5, 5.41) is 5.33. The van der Waals surface area contributed by atoms with Crippen LogP contribution >= 0.6 is 22.9 Å². The fourth-order valence-corrected chi connectivity index (χ4v) is 4.49. The molecule has 1 heterocycles. The molecule has 0 saturated carbocycles. The van der Waals surface area contributed by atoms with Crippen LogP contribution in [0.5, 0.6) is 11.5 Å². The van der Waals surface area contributed by atoms with Crippen molar-refractivity contribution >= 4 is 34.5 Å². The Kier molecular flexibility index (Phi) is 5.01. The van der Waals surface area contributed by atoms with Gasteiger partial charge in [-0.25, -0.2) is 0 Å². The number of carbonyl (C=O) groups excluding carboxylic acids is 1. The Labute approximate surface area is 150 Å². The van der Waals surface area contributed by atoms with Gasteiger partial charge in [0.25, 0.3) is 5.91 Å². The van der Waals surface area contributed by atoms with Gasteiger partial charge in [0.2, 0.25) is 0 Å². The van der Waals surface area contributed by atoms with E-state index in [0.29, 0.717) is 28.1 Å². The van der Waals surface area contributed by atoms with Crippen LogP contribution in [0, 0.1) is 5.92 Å². The van der Waals surface area contributed by atoms with Gasteiger partial charge in [-0.1, -0.05) is 18.5 Å². The summed E-state index contributed by atoms with van der Waals surface area (Å²) in [4.78, 5) is 14.1. The van der Waals surface area contributed by atoms with Crippen LogP contribution in [-0.2, 0) is 12.8 Å². The zero-order valence-corrected chi connectivity index (χ0v) is 15.5. The predicted molar refractivity (Wildman–Crippen MR) is 98.0 cm³/mol. The molecule has 4 nitrogen and oxygen atoms in total. The van der Waals surface area contributed by atoms with E-state index in [0.717, 1.165) is 24.8 Å². The molecule has 1 atom stereocenters. The third kappa shape index (κ3) is 3.23. The molecule has 1 aromatic heterocycles. The highest BCUT2D eigenvalue weighted by atomic mass is 35.5. The van der Waals surface area contributed by atoms with Gasteiger partial charge in [0.05, 0.1) is 30.5 Å². The summed E-state index contributed by atoms with van der Waals surface area (Å²) in [6.45, 7) is 2.26. The van der Waals surface area contributed by atoms with E-state index in [2.05, 4.69) is 12.2 Å². The molecule has 0 spiro atoms. The number of nitrogens with one attached hydrogen (secondary N) is 1. The lowest BCUT2D eigenvalue weighted by molar-refractivity contribution is 0.102. The highest BCUT2D eigenvalue weighted by molar-refractivity contribution is 7.10. The van der Waals surface area contributed by atoms with Gasteiger partial charge >= 0.3 is 0 Å². The third-order valence-corrected chi connectivity index (χ3v) is 5.71. The number of methoxy groups -OCH3 is 2. The number of benzene rings is 1. The van der Waals surface area contributed by atoms with E-state index in [1.54, 1.807) is 30.6 Å². The molecular formula is C18H20ClNO3S. The van der Waals surface area contributed by atoms with E-state index in [9.17, 15) is 4.79 Å². The van der Waals surface area contributed by atoms with Gasteiger partial charge in [-0.3, -0.25) is 4.79 Å². The van der Waals surface area contributed by atoms with Crippen molar-refractivity contribution in [2.75, 3.05) is 19.5 Å². The third-order valence-electron chi connectivity index (χ3n) is 4.37. The lowest BCUT2D eigenvalue weighted by atomic mass is 9.88. The first-order chi connectivity index (χ1) is 11.5. The smallest absolute Gasteiger partial charge is 0.256 e. The Morgan fingerprint density at radius 3 is 2.75 bits per heavy atom. The highest BCUT2D eigenvalue weighted by Gasteiger charge is 2.24. The molecule has 1 aromatic carbocycles. The number of halogens is 1. The van der Waals surface area contributed by atoms with Gasteiger partial charge in [-0.2, -0.15) is 0 Å². The molecule has 0 saturated heterocycles. The minimum atomic E-state index is -0.121. The van der Waals surface area contributed by atoms with Gasteiger partial charge in [-0.15, -0.1) is 11.3 Å². The van der Waals surface area contributed by atoms with Gasteiger partial charge in [0, 0.05) is 22.4 Å². The molecule has 1 aliphatic carbocycles. The molecule has 0 bridgehead atoms. The zero-order chi connectivity index (χ0) is 17.3. The summed E-state index contributed by atoms with van der Waals surface area (Å²) in [7, 11) is 3.08. The Bertz CT molecular complexity index is 772. The molecule has 3 rings (SSSR count). The summed E-state index contributed by atoms with van der Waals surface area (Å²) in [6, 6.07) is 3.32. The molecule has 0 aliphatic heterocycles. The largest absolute Gasteiger partial charge is 0.495 e. The molecule has 24 heavy (non-hydrogen) atoms. The Morgan fingerprint density at radius 1 is 1.29 bits per heavy atom. The van der Waals surface area contributed by atoms with Crippen LogP contribution in [0.4, 0.5) is 5.69 Å². The molecule has 0 radical (unpaired) electrons. The normalized spacial score (nSPS) is 16.4. The number of ether oxygens (including phenoxy) is 2. The van der Waals surface area contributed by atoms with Crippen molar-refractivity contribution in [3.05, 3.63) is 38.5 Å². The molecule has 6 heteroatoms. The fraction of sp³-hybridized carbons (Fsp3) is 0.389. The minimum Gasteiger partial charge on any atom is -0.495 e. The molecule has 128 valence electrons. The van der Waals surface area contributed by atoms with Crippen molar-refractivity contribution in [1.82, 2.24) is 0 Å². The predicted octanol–water partition coefficient (Wildman–Crippen LogP) is 4.80. The van der Waals surface area contributed by atoms with Crippen molar-refractivity contribution < 1.29 is 14.3 Å². The van der Waals surface area contributed by atoms with E-state index >= 15 is 0 Å². The summed E-state index contributed by atoms with van der Waals surface area (Å²) in [5.41, 5.74) is 2.50. The van der Waals surface area contributed by atoms with Crippen LogP contribution in [0.1, 0.15) is 34.1 Å². The number of fused-ring (bicyclic) bond motifs is 1. The number of amides is 1. The van der Waals surface area contributed by atoms with E-state index in [1.807, 2.05) is 5.38 Å². The van der Waals surface area contributed by atoms with Crippen LogP contribution < -0.4 is 14.8 Å². The van der Waals surface area contributed by atoms with Crippen molar-refractivity contribution in [1.29, 1.82) is 0 Å². The van der Waals surface area contributed by atoms with Crippen LogP contribution in [0.2, 0.25) is 5.02 Å². The quantitative estimate of drug-likeness (QED) is 0.846. The SMILES string of the molecule is COc1cc(NC(=O)c2csc3c2CCC(C)C3)c(OC)cc1Cl. The first-order valence-electron chi connectivity index (χ1n) is 7.85. The fourth-order valence-electron chi connectivity index (χ4n) is 3.02. The summed E-state index contributed by atoms with van der Waals surface area (Å²) in [6.07, 6.45) is 3.15. The molecule has 1 unspecified atom stereocenters. The Morgan fingerprint density at radius 2 is 2.04 bits per heavy atom. The first kappa shape index (κ1) is 17.1. The summed E-state index contributed by atoms with van der Waals surface area (Å²) >= 11 is 7.79. The monoisotopic (exact) mass is 365 g/mol. The van der Waals surface area contributed by atoms with Crippen LogP contribution in [0.3, 0.4) is 0 Å². The van der Waals surface area contributed by atoms with Gasteiger partial charge < -0.3 is 14.8 Å². The number of anilines is 1. The molecular weight excluding hydrogens is 346 g/mol. The Balaban J connectivity index is 1.88. The minimum absolute atomic E-state index is 0.121. The van der Waals surface area contributed by atoms with Crippen molar-refractivity contribution in [2.24, 2.45) is 5.92 Å². The van der Waals surface area contributed by atoms with Crippen LogP contribution in [0.25, 0.3) is 0 Å². The maximum atomic E-state index is 12.7. The standard InChI is InChI=1S/C18H20ClNO3S/c1-10-4-5-11-12(9-24-17(11)6-10)18(21)20-14-8-15(22-2)13(19)7-16(14)23-3/h7-10H,4-6H2,1-3H3,(H,20,21). The lowest BCUT2D eigenvalue weighted by Gasteiger charge is -2.19. The summed E-state index contributed by atoms with van der Waals surface area (Å²) < 4.78 is 10.5. The second kappa shape index (κ2) is 7.03. The van der Waals surface area contributed by atoms with Crippen molar-refractivity contribution in [3.63, 3.8) is 0 Å². The number of hydrogen-bond donors (Lipinski definition) is 1. The summed E-state index contributed by atoms with van der Waals surface area (Å²) in [5.74, 6) is 1.57. The highest BCUT2D eigenvalue weighted by Crippen LogP contribution is 2.37. The first-order valence-corrected chi connectivity index (χ1v) is 9.11. The number of hydrogen-bond acceptors (Lipinski definition) is 4. The molecule has 1 N–H and O–H groups in total. The molecule has 1 amide bonds. The maximum absolute atomic E-state index is 12.7. The lowest BCUT2D eigenvalue weighted by Crippen LogP contribution is -2.17. The molecule has 0 fully saturated rings. The zero-order valence-electron chi connectivity index (χ0n) is 13.9. The van der Waals surface area contributed by atoms with Crippen LogP contribution in [0.15, 0.2) is 17.5 Å². The number of thiophene rings is 1. The topological polar surface area (TPSA) is 47.6 Å². The average Bonchev–Trinajstić information content (AvgIpc) is 2.98. The van der Waals surface area contributed by atoms with E-state index in [1.165, 1.54) is 17.6 Å².